The molecule has 0 radical (unpaired) electrons. The normalized spacial score (nSPS) is 18.8. The molecule has 1 aromatic heterocycles. The largest absolute Gasteiger partial charge is 0.507 e. The molecule has 1 unspecified atom stereocenters. The van der Waals surface area contributed by atoms with Gasteiger partial charge in [0.25, 0.3) is 0 Å². The van der Waals surface area contributed by atoms with Crippen LogP contribution in [0, 0.1) is 0 Å². The summed E-state index contributed by atoms with van der Waals surface area (Å²) in [4.78, 5) is 17.2. The number of phenols is 1. The number of benzene rings is 3. The number of fused-ring (bicyclic) bond motifs is 1. The van der Waals surface area contributed by atoms with E-state index in [9.17, 15) is 15.0 Å². The van der Waals surface area contributed by atoms with Crippen LogP contribution in [0.3, 0.4) is 0 Å². The molecule has 0 bridgehead atoms. The van der Waals surface area contributed by atoms with Gasteiger partial charge in [0, 0.05) is 45.4 Å². The van der Waals surface area contributed by atoms with Crippen LogP contribution in [0.1, 0.15) is 60.1 Å². The van der Waals surface area contributed by atoms with Crippen molar-refractivity contribution >= 4 is 27.7 Å². The first-order valence-corrected chi connectivity index (χ1v) is 15.5. The average Bonchev–Trinajstić information content (AvgIpc) is 3.77. The predicted molar refractivity (Wildman–Crippen MR) is 166 cm³/mol. The van der Waals surface area contributed by atoms with Gasteiger partial charge in [-0.25, -0.2) is 0 Å². The van der Waals surface area contributed by atoms with E-state index in [-0.39, 0.29) is 30.0 Å². The fraction of sp³-hybridized carbons (Fsp3) is 0.382. The number of carbonyl (C=O) groups is 1. The van der Waals surface area contributed by atoms with Gasteiger partial charge in [0.2, 0.25) is 0 Å². The number of carbonyl (C=O) groups excluding carboxylic acids is 1. The molecule has 0 amide bonds. The van der Waals surface area contributed by atoms with Crippen molar-refractivity contribution in [2.75, 3.05) is 33.4 Å². The molecule has 2 fully saturated rings. The van der Waals surface area contributed by atoms with Gasteiger partial charge >= 0.3 is 0 Å². The minimum absolute atomic E-state index is 0.0140. The van der Waals surface area contributed by atoms with Crippen LogP contribution < -0.4 is 4.74 Å². The summed E-state index contributed by atoms with van der Waals surface area (Å²) < 4.78 is 7.14. The van der Waals surface area contributed by atoms with Crippen LogP contribution >= 0.6 is 11.3 Å². The van der Waals surface area contributed by atoms with Crippen LogP contribution in [0.2, 0.25) is 0 Å². The molecule has 2 aliphatic heterocycles. The molecular formula is C34H38N2O4S. The van der Waals surface area contributed by atoms with Gasteiger partial charge in [0.15, 0.2) is 6.29 Å². The molecule has 6 nitrogen and oxygen atoms in total. The monoisotopic (exact) mass is 570 g/mol. The van der Waals surface area contributed by atoms with Crippen LogP contribution in [0.25, 0.3) is 32.3 Å². The van der Waals surface area contributed by atoms with Gasteiger partial charge in [-0.1, -0.05) is 36.4 Å². The molecule has 6 rings (SSSR count). The summed E-state index contributed by atoms with van der Waals surface area (Å²) in [6, 6.07) is 16.9. The molecule has 3 heterocycles. The van der Waals surface area contributed by atoms with Crippen LogP contribution in [0.5, 0.6) is 11.5 Å². The Morgan fingerprint density at radius 2 is 1.83 bits per heavy atom. The van der Waals surface area contributed by atoms with Crippen molar-refractivity contribution < 1.29 is 19.7 Å². The number of hydrogen-bond donors (Lipinski definition) is 2. The number of aliphatic hydroxyl groups excluding tert-OH is 1. The number of likely N-dealkylation sites (tertiary alicyclic amines) is 2. The topological polar surface area (TPSA) is 73.2 Å². The van der Waals surface area contributed by atoms with Gasteiger partial charge in [-0.15, -0.1) is 11.3 Å². The van der Waals surface area contributed by atoms with E-state index in [1.54, 1.807) is 24.5 Å². The highest BCUT2D eigenvalue weighted by molar-refractivity contribution is 7.17. The van der Waals surface area contributed by atoms with Crippen molar-refractivity contribution in [2.45, 2.75) is 51.2 Å². The highest BCUT2D eigenvalue weighted by Gasteiger charge is 2.31. The number of nitrogens with zero attached hydrogens (tertiary/aromatic N) is 2. The summed E-state index contributed by atoms with van der Waals surface area (Å²) in [5.41, 5.74) is 6.14. The Bertz CT molecular complexity index is 1560. The summed E-state index contributed by atoms with van der Waals surface area (Å²) in [5, 5.41) is 24.2. The van der Waals surface area contributed by atoms with Crippen molar-refractivity contribution in [3.8, 4) is 33.8 Å². The maximum atomic E-state index is 12.5. The Morgan fingerprint density at radius 1 is 1.05 bits per heavy atom. The third-order valence-electron chi connectivity index (χ3n) is 8.99. The molecular weight excluding hydrogens is 532 g/mol. The Hall–Kier alpha value is -3.23. The fourth-order valence-electron chi connectivity index (χ4n) is 6.98. The summed E-state index contributed by atoms with van der Waals surface area (Å²) >= 11 is 1.64. The molecule has 0 saturated carbocycles. The zero-order chi connectivity index (χ0) is 28.5. The molecule has 7 heteroatoms. The molecule has 0 aliphatic carbocycles. The Balaban J connectivity index is 1.54. The molecule has 3 aromatic carbocycles. The van der Waals surface area contributed by atoms with E-state index in [2.05, 4.69) is 64.6 Å². The number of aromatic hydroxyl groups is 1. The molecule has 2 atom stereocenters. The highest BCUT2D eigenvalue weighted by atomic mass is 32.1. The molecule has 41 heavy (non-hydrogen) atoms. The molecule has 0 spiro atoms. The zero-order valence-corrected chi connectivity index (χ0v) is 24.6. The number of thiophene rings is 1. The SMILES string of the molecule is COc1c(CN2CCCC2)cc(O)c(C=O)c1-c1csc2cccc(-c3ccccc3C(C)N3CCC[C@H]3CO)c12. The van der Waals surface area contributed by atoms with Crippen molar-refractivity contribution in [2.24, 2.45) is 0 Å². The lowest BCUT2D eigenvalue weighted by Gasteiger charge is -2.31. The van der Waals surface area contributed by atoms with Gasteiger partial charge < -0.3 is 14.9 Å². The first-order valence-electron chi connectivity index (χ1n) is 14.6. The number of aliphatic hydroxyl groups is 1. The predicted octanol–water partition coefficient (Wildman–Crippen LogP) is 6.88. The molecule has 2 saturated heterocycles. The third kappa shape index (κ3) is 5.06. The average molecular weight is 571 g/mol. The lowest BCUT2D eigenvalue weighted by Crippen LogP contribution is -2.34. The summed E-state index contributed by atoms with van der Waals surface area (Å²) in [7, 11) is 1.65. The summed E-state index contributed by atoms with van der Waals surface area (Å²) in [6.07, 6.45) is 5.19. The van der Waals surface area contributed by atoms with Gasteiger partial charge in [-0.2, -0.15) is 0 Å². The molecule has 214 valence electrons. The smallest absolute Gasteiger partial charge is 0.154 e. The quantitative estimate of drug-likeness (QED) is 0.214. The Kier molecular flexibility index (Phi) is 8.13. The lowest BCUT2D eigenvalue weighted by molar-refractivity contribution is 0.112. The number of aldehydes is 1. The summed E-state index contributed by atoms with van der Waals surface area (Å²) in [6.45, 7) is 6.07. The first kappa shape index (κ1) is 27.9. The maximum absolute atomic E-state index is 12.5. The number of hydrogen-bond acceptors (Lipinski definition) is 7. The van der Waals surface area contributed by atoms with Crippen LogP contribution in [0.4, 0.5) is 0 Å². The number of phenolic OH excluding ortho intramolecular Hbond substituents is 1. The number of ether oxygens (including phenoxy) is 1. The third-order valence-corrected chi connectivity index (χ3v) is 9.94. The van der Waals surface area contributed by atoms with E-state index in [4.69, 9.17) is 4.74 Å². The maximum Gasteiger partial charge on any atom is 0.154 e. The van der Waals surface area contributed by atoms with E-state index in [0.717, 1.165) is 71.1 Å². The van der Waals surface area contributed by atoms with Crippen molar-refractivity contribution in [1.29, 1.82) is 0 Å². The van der Waals surface area contributed by atoms with E-state index in [1.807, 2.05) is 0 Å². The van der Waals surface area contributed by atoms with Crippen LogP contribution in [-0.2, 0) is 6.54 Å². The van der Waals surface area contributed by atoms with Crippen LogP contribution in [-0.4, -0.2) is 65.7 Å². The second-order valence-corrected chi connectivity index (χ2v) is 12.2. The minimum atomic E-state index is -0.0140. The van der Waals surface area contributed by atoms with Gasteiger partial charge in [0.05, 0.1) is 19.3 Å². The van der Waals surface area contributed by atoms with E-state index in [1.165, 1.54) is 18.4 Å². The van der Waals surface area contributed by atoms with E-state index >= 15 is 0 Å². The first-order chi connectivity index (χ1) is 20.0. The summed E-state index contributed by atoms with van der Waals surface area (Å²) in [5.74, 6) is 0.635. The minimum Gasteiger partial charge on any atom is -0.507 e. The number of rotatable bonds is 9. The molecule has 4 aromatic rings. The Morgan fingerprint density at radius 3 is 2.59 bits per heavy atom. The standard InChI is InChI=1S/C34H38N2O4S/c1-22(36-16-8-9-24(36)19-37)25-10-3-4-11-26(25)27-12-7-13-31-32(27)29(21-41-31)33-28(20-38)30(39)17-23(34(33)40-2)18-35-14-5-6-15-35/h3-4,7,10-13,17,20-22,24,37,39H,5-6,8-9,14-16,18-19H2,1-2H3/t22?,24-/m0/s1. The van der Waals surface area contributed by atoms with Gasteiger partial charge in [-0.05, 0) is 86.4 Å². The highest BCUT2D eigenvalue weighted by Crippen LogP contribution is 2.48. The van der Waals surface area contributed by atoms with E-state index < -0.39 is 0 Å². The van der Waals surface area contributed by atoms with Gasteiger partial charge in [0.1, 0.15) is 11.5 Å². The van der Waals surface area contributed by atoms with Crippen molar-refractivity contribution in [3.05, 3.63) is 70.6 Å². The van der Waals surface area contributed by atoms with Gasteiger partial charge in [-0.3, -0.25) is 14.6 Å². The van der Waals surface area contributed by atoms with Crippen molar-refractivity contribution in [1.82, 2.24) is 9.80 Å². The van der Waals surface area contributed by atoms with Crippen LogP contribution in [0.15, 0.2) is 53.9 Å². The molecule has 2 aliphatic rings. The van der Waals surface area contributed by atoms with E-state index in [0.29, 0.717) is 17.9 Å². The second kappa shape index (κ2) is 11.9. The number of methoxy groups -OCH3 is 1. The zero-order valence-electron chi connectivity index (χ0n) is 23.8. The second-order valence-electron chi connectivity index (χ2n) is 11.3. The fourth-order valence-corrected chi connectivity index (χ4v) is 7.96. The Labute approximate surface area is 245 Å². The van der Waals surface area contributed by atoms with Crippen molar-refractivity contribution in [3.63, 3.8) is 0 Å². The lowest BCUT2D eigenvalue weighted by atomic mass is 9.88. The molecule has 2 N–H and O–H groups in total.